The van der Waals surface area contributed by atoms with Crippen LogP contribution in [-0.4, -0.2) is 68.4 Å². The number of nitrogens with zero attached hydrogens (tertiary/aromatic N) is 2. The van der Waals surface area contributed by atoms with Crippen LogP contribution in [0.4, 0.5) is 0 Å². The number of nitrogens with one attached hydrogen (secondary N) is 1. The second-order valence-corrected chi connectivity index (χ2v) is 10.9. The average Bonchev–Trinajstić information content (AvgIpc) is 2.57. The summed E-state index contributed by atoms with van der Waals surface area (Å²) >= 11 is 0. The highest BCUT2D eigenvalue weighted by molar-refractivity contribution is 7.88. The predicted molar refractivity (Wildman–Crippen MR) is 96.6 cm³/mol. The van der Waals surface area contributed by atoms with Gasteiger partial charge in [-0.1, -0.05) is 0 Å². The highest BCUT2D eigenvalue weighted by Crippen LogP contribution is 2.60. The quantitative estimate of drug-likeness (QED) is 0.762. The van der Waals surface area contributed by atoms with Crippen LogP contribution >= 0.6 is 0 Å². The van der Waals surface area contributed by atoms with Gasteiger partial charge in [-0.25, -0.2) is 8.42 Å². The van der Waals surface area contributed by atoms with Crippen molar-refractivity contribution < 1.29 is 18.0 Å². The minimum absolute atomic E-state index is 0.0272. The van der Waals surface area contributed by atoms with Crippen LogP contribution in [0, 0.1) is 23.2 Å². The molecule has 0 aromatic heterocycles. The van der Waals surface area contributed by atoms with Crippen molar-refractivity contribution in [2.24, 2.45) is 23.2 Å². The largest absolute Gasteiger partial charge is 0.347 e. The van der Waals surface area contributed by atoms with Crippen LogP contribution in [0.3, 0.4) is 0 Å². The van der Waals surface area contributed by atoms with E-state index in [1.54, 1.807) is 4.90 Å². The summed E-state index contributed by atoms with van der Waals surface area (Å²) < 4.78 is 24.5. The number of rotatable bonds is 4. The van der Waals surface area contributed by atoms with Crippen molar-refractivity contribution in [2.45, 2.75) is 38.5 Å². The highest BCUT2D eigenvalue weighted by Gasteiger charge is 2.54. The van der Waals surface area contributed by atoms with E-state index in [2.05, 4.69) is 5.32 Å². The molecule has 5 fully saturated rings. The van der Waals surface area contributed by atoms with Gasteiger partial charge in [0, 0.05) is 31.6 Å². The lowest BCUT2D eigenvalue weighted by molar-refractivity contribution is -0.148. The minimum atomic E-state index is -3.20. The Kier molecular flexibility index (Phi) is 4.54. The summed E-state index contributed by atoms with van der Waals surface area (Å²) in [7, 11) is -3.20. The Bertz CT molecular complexity index is 662. The molecule has 4 saturated carbocycles. The second kappa shape index (κ2) is 6.48. The Hall–Kier alpha value is -1.15. The summed E-state index contributed by atoms with van der Waals surface area (Å²) in [5, 5.41) is 2.92. The molecule has 146 valence electrons. The van der Waals surface area contributed by atoms with Gasteiger partial charge < -0.3 is 10.2 Å². The molecule has 0 aromatic carbocycles. The van der Waals surface area contributed by atoms with Crippen LogP contribution < -0.4 is 5.32 Å². The van der Waals surface area contributed by atoms with Crippen molar-refractivity contribution in [2.75, 3.05) is 39.0 Å². The summed E-state index contributed by atoms with van der Waals surface area (Å²) in [5.74, 6) is 2.06. The third-order valence-corrected chi connectivity index (χ3v) is 8.28. The van der Waals surface area contributed by atoms with Gasteiger partial charge in [0.05, 0.1) is 12.8 Å². The molecule has 5 rings (SSSR count). The van der Waals surface area contributed by atoms with Crippen molar-refractivity contribution in [3.8, 4) is 0 Å². The normalized spacial score (nSPS) is 37.0. The Balaban J connectivity index is 1.29. The van der Waals surface area contributed by atoms with E-state index >= 15 is 0 Å². The first-order valence-electron chi connectivity index (χ1n) is 9.76. The molecule has 5 aliphatic rings. The summed E-state index contributed by atoms with van der Waals surface area (Å²) in [6, 6.07) is 0. The van der Waals surface area contributed by atoms with Crippen LogP contribution in [0.15, 0.2) is 0 Å². The molecule has 7 nitrogen and oxygen atoms in total. The summed E-state index contributed by atoms with van der Waals surface area (Å²) in [6.07, 6.45) is 8.03. The third kappa shape index (κ3) is 3.38. The first-order valence-corrected chi connectivity index (χ1v) is 11.6. The molecular weight excluding hydrogens is 354 g/mol. The lowest BCUT2D eigenvalue weighted by Gasteiger charge is -2.55. The molecular formula is C18H29N3O4S. The van der Waals surface area contributed by atoms with Gasteiger partial charge in [-0.2, -0.15) is 4.31 Å². The van der Waals surface area contributed by atoms with Crippen LogP contribution in [0.25, 0.3) is 0 Å². The Morgan fingerprint density at radius 3 is 1.92 bits per heavy atom. The van der Waals surface area contributed by atoms with Gasteiger partial charge in [-0.15, -0.1) is 0 Å². The molecule has 1 aliphatic heterocycles. The number of carbonyl (C=O) groups excluding carboxylic acids is 2. The highest BCUT2D eigenvalue weighted by atomic mass is 32.2. The first-order chi connectivity index (χ1) is 12.2. The van der Waals surface area contributed by atoms with Crippen LogP contribution in [-0.2, 0) is 19.6 Å². The van der Waals surface area contributed by atoms with Gasteiger partial charge in [0.15, 0.2) is 0 Å². The van der Waals surface area contributed by atoms with E-state index in [4.69, 9.17) is 0 Å². The molecule has 0 atom stereocenters. The molecule has 26 heavy (non-hydrogen) atoms. The first kappa shape index (κ1) is 18.2. The molecule has 4 aliphatic carbocycles. The fourth-order valence-corrected chi connectivity index (χ4v) is 6.94. The maximum atomic E-state index is 12.9. The predicted octanol–water partition coefficient (Wildman–Crippen LogP) is 0.423. The van der Waals surface area contributed by atoms with Crippen molar-refractivity contribution >= 4 is 21.8 Å². The maximum absolute atomic E-state index is 12.9. The van der Waals surface area contributed by atoms with E-state index in [9.17, 15) is 18.0 Å². The summed E-state index contributed by atoms with van der Waals surface area (Å²) in [4.78, 5) is 27.0. The number of hydrogen-bond donors (Lipinski definition) is 1. The molecule has 0 spiro atoms. The van der Waals surface area contributed by atoms with Gasteiger partial charge in [0.25, 0.3) is 0 Å². The lowest BCUT2D eigenvalue weighted by atomic mass is 9.49. The fraction of sp³-hybridized carbons (Fsp3) is 0.889. The third-order valence-electron chi connectivity index (χ3n) is 6.98. The van der Waals surface area contributed by atoms with Crippen molar-refractivity contribution in [1.82, 2.24) is 14.5 Å². The molecule has 4 bridgehead atoms. The molecule has 1 heterocycles. The standard InChI is InChI=1S/C18H29N3O4S/c1-26(24,25)21-4-2-20(3-5-21)16(22)12-19-17(23)18-9-13-6-14(10-18)8-15(7-13)11-18/h13-15H,2-12H2,1H3,(H,19,23). The van der Waals surface area contributed by atoms with E-state index in [0.29, 0.717) is 43.9 Å². The van der Waals surface area contributed by atoms with Gasteiger partial charge in [0.2, 0.25) is 21.8 Å². The van der Waals surface area contributed by atoms with E-state index in [-0.39, 0.29) is 23.8 Å². The second-order valence-electron chi connectivity index (χ2n) is 8.92. The Morgan fingerprint density at radius 1 is 0.962 bits per heavy atom. The van der Waals surface area contributed by atoms with Crippen LogP contribution in [0.5, 0.6) is 0 Å². The lowest BCUT2D eigenvalue weighted by Crippen LogP contribution is -2.56. The van der Waals surface area contributed by atoms with E-state index in [1.807, 2.05) is 0 Å². The van der Waals surface area contributed by atoms with E-state index in [0.717, 1.165) is 19.3 Å². The molecule has 0 aromatic rings. The van der Waals surface area contributed by atoms with Crippen LogP contribution in [0.2, 0.25) is 0 Å². The van der Waals surface area contributed by atoms with E-state index < -0.39 is 10.0 Å². The smallest absolute Gasteiger partial charge is 0.242 e. The molecule has 2 amide bonds. The van der Waals surface area contributed by atoms with Crippen molar-refractivity contribution in [3.05, 3.63) is 0 Å². The summed E-state index contributed by atoms with van der Waals surface area (Å²) in [6.45, 7) is 1.46. The SMILES string of the molecule is CS(=O)(=O)N1CCN(C(=O)CNC(=O)C23CC4CC(CC(C4)C2)C3)CC1. The number of sulfonamides is 1. The molecule has 0 radical (unpaired) electrons. The van der Waals surface area contributed by atoms with Crippen molar-refractivity contribution in [3.63, 3.8) is 0 Å². The zero-order chi connectivity index (χ0) is 18.5. The number of amides is 2. The number of piperazine rings is 1. The fourth-order valence-electron chi connectivity index (χ4n) is 6.11. The van der Waals surface area contributed by atoms with E-state index in [1.165, 1.54) is 29.8 Å². The Morgan fingerprint density at radius 2 is 1.46 bits per heavy atom. The zero-order valence-corrected chi connectivity index (χ0v) is 16.3. The summed E-state index contributed by atoms with van der Waals surface area (Å²) in [5.41, 5.74) is -0.232. The van der Waals surface area contributed by atoms with Gasteiger partial charge >= 0.3 is 0 Å². The number of hydrogen-bond acceptors (Lipinski definition) is 4. The zero-order valence-electron chi connectivity index (χ0n) is 15.4. The molecule has 1 saturated heterocycles. The maximum Gasteiger partial charge on any atom is 0.242 e. The molecule has 0 unspecified atom stereocenters. The molecule has 1 N–H and O–H groups in total. The monoisotopic (exact) mass is 383 g/mol. The van der Waals surface area contributed by atoms with Crippen molar-refractivity contribution in [1.29, 1.82) is 0 Å². The number of carbonyl (C=O) groups is 2. The minimum Gasteiger partial charge on any atom is -0.347 e. The van der Waals surface area contributed by atoms with Gasteiger partial charge in [-0.05, 0) is 56.3 Å². The molecule has 8 heteroatoms. The van der Waals surface area contributed by atoms with Crippen LogP contribution in [0.1, 0.15) is 38.5 Å². The Labute approximate surface area is 155 Å². The average molecular weight is 384 g/mol. The van der Waals surface area contributed by atoms with Gasteiger partial charge in [0.1, 0.15) is 0 Å². The van der Waals surface area contributed by atoms with Gasteiger partial charge in [-0.3, -0.25) is 9.59 Å². The topological polar surface area (TPSA) is 86.8 Å².